The Morgan fingerprint density at radius 3 is 2.48 bits per heavy atom. The van der Waals surface area contributed by atoms with Crippen LogP contribution in [0.4, 0.5) is 0 Å². The van der Waals surface area contributed by atoms with E-state index in [1.165, 1.54) is 0 Å². The lowest BCUT2D eigenvalue weighted by Gasteiger charge is -1.96. The van der Waals surface area contributed by atoms with Gasteiger partial charge in [0.15, 0.2) is 4.34 Å². The fourth-order valence-electron chi connectivity index (χ4n) is 2.11. The predicted molar refractivity (Wildman–Crippen MR) is 105 cm³/mol. The Morgan fingerprint density at radius 1 is 0.920 bits per heavy atom. The molecule has 0 unspecified atom stereocenters. The number of pyridine rings is 1. The van der Waals surface area contributed by atoms with Crippen molar-refractivity contribution in [2.75, 3.05) is 0 Å². The molecule has 4 nitrogen and oxygen atoms in total. The minimum atomic E-state index is 0.734. The highest BCUT2D eigenvalue weighted by Crippen LogP contribution is 2.32. The highest BCUT2D eigenvalue weighted by Gasteiger charge is 2.09. The Hall–Kier alpha value is -1.80. The molecule has 25 heavy (non-hydrogen) atoms. The first-order valence-corrected chi connectivity index (χ1v) is 10.4. The van der Waals surface area contributed by atoms with Crippen molar-refractivity contribution in [3.05, 3.63) is 64.9 Å². The maximum Gasteiger partial charge on any atom is 0.175 e. The Labute approximate surface area is 162 Å². The monoisotopic (exact) mass is 402 g/mol. The largest absolute Gasteiger partial charge is 0.265 e. The molecular formula is C17H11ClN4S3. The zero-order valence-electron chi connectivity index (χ0n) is 12.8. The summed E-state index contributed by atoms with van der Waals surface area (Å²) in [4.78, 5) is 8.72. The molecule has 0 bridgehead atoms. The van der Waals surface area contributed by atoms with E-state index in [9.17, 15) is 0 Å². The molecule has 0 amide bonds. The standard InChI is InChI=1S/C17H11ClN4S3/c18-13-3-1-11(2-4-13)15-20-14(9-23-15)10-24-17-22-21-16(25-17)12-5-7-19-8-6-12/h1-9H,10H2. The van der Waals surface area contributed by atoms with E-state index in [1.807, 2.05) is 36.4 Å². The highest BCUT2D eigenvalue weighted by molar-refractivity contribution is 8.00. The first-order valence-electron chi connectivity index (χ1n) is 7.35. The molecule has 0 radical (unpaired) electrons. The molecule has 4 rings (SSSR count). The van der Waals surface area contributed by atoms with Crippen LogP contribution in [0.2, 0.25) is 5.02 Å². The van der Waals surface area contributed by atoms with Gasteiger partial charge in [0.05, 0.1) is 5.69 Å². The first-order chi connectivity index (χ1) is 12.3. The molecule has 0 aliphatic rings. The lowest BCUT2D eigenvalue weighted by Crippen LogP contribution is -1.82. The van der Waals surface area contributed by atoms with Crippen LogP contribution in [-0.4, -0.2) is 20.2 Å². The van der Waals surface area contributed by atoms with Crippen molar-refractivity contribution in [2.24, 2.45) is 0 Å². The Kier molecular flexibility index (Phi) is 5.07. The van der Waals surface area contributed by atoms with Gasteiger partial charge in [-0.05, 0) is 24.3 Å². The van der Waals surface area contributed by atoms with E-state index in [4.69, 9.17) is 16.6 Å². The van der Waals surface area contributed by atoms with Crippen LogP contribution in [0, 0.1) is 0 Å². The van der Waals surface area contributed by atoms with Gasteiger partial charge in [-0.3, -0.25) is 4.98 Å². The van der Waals surface area contributed by atoms with E-state index >= 15 is 0 Å². The second-order valence-electron chi connectivity index (χ2n) is 5.05. The van der Waals surface area contributed by atoms with Crippen molar-refractivity contribution in [1.29, 1.82) is 0 Å². The molecule has 0 aliphatic carbocycles. The summed E-state index contributed by atoms with van der Waals surface area (Å²) in [6.07, 6.45) is 3.52. The van der Waals surface area contributed by atoms with Gasteiger partial charge in [0, 0.05) is 39.7 Å². The number of halogens is 1. The van der Waals surface area contributed by atoms with Crippen molar-refractivity contribution in [3.8, 4) is 21.1 Å². The molecule has 0 saturated carbocycles. The molecule has 8 heteroatoms. The zero-order valence-corrected chi connectivity index (χ0v) is 16.0. The summed E-state index contributed by atoms with van der Waals surface area (Å²) in [7, 11) is 0. The number of aromatic nitrogens is 4. The summed E-state index contributed by atoms with van der Waals surface area (Å²) >= 11 is 10.8. The van der Waals surface area contributed by atoms with Crippen LogP contribution in [0.1, 0.15) is 5.69 Å². The maximum absolute atomic E-state index is 5.93. The molecule has 0 aliphatic heterocycles. The van der Waals surface area contributed by atoms with Crippen LogP contribution in [0.25, 0.3) is 21.1 Å². The van der Waals surface area contributed by atoms with E-state index in [0.717, 1.165) is 42.0 Å². The summed E-state index contributed by atoms with van der Waals surface area (Å²) in [6, 6.07) is 11.6. The van der Waals surface area contributed by atoms with Gasteiger partial charge in [-0.2, -0.15) is 0 Å². The van der Waals surface area contributed by atoms with Gasteiger partial charge in [0.2, 0.25) is 0 Å². The van der Waals surface area contributed by atoms with Crippen LogP contribution in [0.15, 0.2) is 58.5 Å². The van der Waals surface area contributed by atoms with Gasteiger partial charge < -0.3 is 0 Å². The number of hydrogen-bond acceptors (Lipinski definition) is 7. The molecule has 0 atom stereocenters. The Balaban J connectivity index is 1.42. The Bertz CT molecular complexity index is 967. The fraction of sp³-hybridized carbons (Fsp3) is 0.0588. The molecule has 3 aromatic heterocycles. The highest BCUT2D eigenvalue weighted by atomic mass is 35.5. The number of thiazole rings is 1. The minimum absolute atomic E-state index is 0.734. The third kappa shape index (κ3) is 4.07. The lowest BCUT2D eigenvalue weighted by molar-refractivity contribution is 1.01. The first kappa shape index (κ1) is 16.7. The van der Waals surface area contributed by atoms with Crippen molar-refractivity contribution in [3.63, 3.8) is 0 Å². The number of hydrogen-bond donors (Lipinski definition) is 0. The number of thioether (sulfide) groups is 1. The summed E-state index contributed by atoms with van der Waals surface area (Å²) < 4.78 is 0.938. The number of rotatable bonds is 5. The van der Waals surface area contributed by atoms with Crippen LogP contribution >= 0.6 is 46.0 Å². The second-order valence-corrected chi connectivity index (χ2v) is 8.54. The topological polar surface area (TPSA) is 51.6 Å². The van der Waals surface area contributed by atoms with Gasteiger partial charge in [0.25, 0.3) is 0 Å². The van der Waals surface area contributed by atoms with Crippen LogP contribution in [0.5, 0.6) is 0 Å². The van der Waals surface area contributed by atoms with Crippen LogP contribution in [0.3, 0.4) is 0 Å². The molecule has 3 heterocycles. The van der Waals surface area contributed by atoms with Crippen LogP contribution in [-0.2, 0) is 5.75 Å². The second kappa shape index (κ2) is 7.61. The van der Waals surface area contributed by atoms with Crippen LogP contribution < -0.4 is 0 Å². The smallest absolute Gasteiger partial charge is 0.175 e. The van der Waals surface area contributed by atoms with Crippen molar-refractivity contribution >= 4 is 46.0 Å². The van der Waals surface area contributed by atoms with Gasteiger partial charge in [-0.1, -0.05) is 46.8 Å². The Morgan fingerprint density at radius 2 is 1.68 bits per heavy atom. The summed E-state index contributed by atoms with van der Waals surface area (Å²) in [5, 5.41) is 13.2. The molecular weight excluding hydrogens is 392 g/mol. The van der Waals surface area contributed by atoms with E-state index in [2.05, 4.69) is 20.6 Å². The van der Waals surface area contributed by atoms with Gasteiger partial charge >= 0.3 is 0 Å². The molecule has 0 spiro atoms. The van der Waals surface area contributed by atoms with E-state index in [-0.39, 0.29) is 0 Å². The van der Waals surface area contributed by atoms with Crippen molar-refractivity contribution in [1.82, 2.24) is 20.2 Å². The summed E-state index contributed by atoms with van der Waals surface area (Å²) in [5.41, 5.74) is 3.17. The number of nitrogens with zero attached hydrogens (tertiary/aromatic N) is 4. The number of benzene rings is 1. The summed E-state index contributed by atoms with van der Waals surface area (Å²) in [5.74, 6) is 0.773. The van der Waals surface area contributed by atoms with E-state index in [0.29, 0.717) is 0 Å². The SMILES string of the molecule is Clc1ccc(-c2nc(CSc3nnc(-c4ccncc4)s3)cs2)cc1. The summed E-state index contributed by atoms with van der Waals surface area (Å²) in [6.45, 7) is 0. The average Bonchev–Trinajstić information content (AvgIpc) is 3.31. The molecule has 124 valence electrons. The third-order valence-electron chi connectivity index (χ3n) is 3.32. The molecule has 1 aromatic carbocycles. The van der Waals surface area contributed by atoms with E-state index < -0.39 is 0 Å². The average molecular weight is 403 g/mol. The molecule has 0 saturated heterocycles. The normalized spacial score (nSPS) is 10.9. The lowest BCUT2D eigenvalue weighted by atomic mass is 10.2. The van der Waals surface area contributed by atoms with Gasteiger partial charge in [0.1, 0.15) is 10.0 Å². The molecule has 0 N–H and O–H groups in total. The molecule has 4 aromatic rings. The minimum Gasteiger partial charge on any atom is -0.265 e. The van der Waals surface area contributed by atoms with Crippen molar-refractivity contribution < 1.29 is 0 Å². The van der Waals surface area contributed by atoms with Crippen molar-refractivity contribution in [2.45, 2.75) is 10.1 Å². The zero-order chi connectivity index (χ0) is 17.1. The quantitative estimate of drug-likeness (QED) is 0.402. The third-order valence-corrected chi connectivity index (χ3v) is 6.65. The van der Waals surface area contributed by atoms with Gasteiger partial charge in [-0.25, -0.2) is 4.98 Å². The van der Waals surface area contributed by atoms with Gasteiger partial charge in [-0.15, -0.1) is 21.5 Å². The predicted octanol–water partition coefficient (Wildman–Crippen LogP) is 5.67. The maximum atomic E-state index is 5.93. The molecule has 0 fully saturated rings. The van der Waals surface area contributed by atoms with E-state index in [1.54, 1.807) is 46.8 Å². The fourth-order valence-corrected chi connectivity index (χ4v) is 4.92.